The first-order chi connectivity index (χ1) is 7.10. The molecule has 0 saturated heterocycles. The molecule has 0 fully saturated rings. The van der Waals surface area contributed by atoms with Gasteiger partial charge in [0, 0.05) is 12.1 Å². The first kappa shape index (κ1) is 14.4. The number of rotatable bonds is 8. The molecule has 0 rings (SSSR count). The van der Waals surface area contributed by atoms with E-state index in [1.807, 2.05) is 13.8 Å². The molecule has 0 radical (unpaired) electrons. The van der Waals surface area contributed by atoms with Crippen LogP contribution in [0.1, 0.15) is 53.4 Å². The lowest BCUT2D eigenvalue weighted by Gasteiger charge is -2.17. The fraction of sp³-hybridized carbons (Fsp3) is 0.917. The lowest BCUT2D eigenvalue weighted by Crippen LogP contribution is -2.41. The number of carbonyl (C=O) groups is 1. The van der Waals surface area contributed by atoms with Gasteiger partial charge in [-0.2, -0.15) is 0 Å². The second-order valence-corrected chi connectivity index (χ2v) is 4.35. The smallest absolute Gasteiger partial charge is 0.234 e. The maximum absolute atomic E-state index is 11.4. The first-order valence-corrected chi connectivity index (χ1v) is 6.12. The Balaban J connectivity index is 3.65. The lowest BCUT2D eigenvalue weighted by molar-refractivity contribution is -0.120. The summed E-state index contributed by atoms with van der Waals surface area (Å²) in [6.07, 6.45) is 4.71. The Morgan fingerprint density at radius 3 is 2.40 bits per heavy atom. The summed E-state index contributed by atoms with van der Waals surface area (Å²) in [5.74, 6) is 0.0972. The molecule has 1 unspecified atom stereocenters. The van der Waals surface area contributed by atoms with Crippen LogP contribution in [0, 0.1) is 0 Å². The Morgan fingerprint density at radius 1 is 1.27 bits per heavy atom. The number of hydrogen-bond donors (Lipinski definition) is 2. The fourth-order valence-corrected chi connectivity index (χ4v) is 1.51. The van der Waals surface area contributed by atoms with Gasteiger partial charge in [-0.3, -0.25) is 4.79 Å². The Hall–Kier alpha value is -0.570. The van der Waals surface area contributed by atoms with Gasteiger partial charge in [-0.1, -0.05) is 26.7 Å². The number of unbranched alkanes of at least 4 members (excludes halogenated alkanes) is 1. The molecule has 0 aliphatic carbocycles. The highest BCUT2D eigenvalue weighted by molar-refractivity contribution is 5.78. The van der Waals surface area contributed by atoms with E-state index < -0.39 is 0 Å². The van der Waals surface area contributed by atoms with E-state index in [4.69, 9.17) is 0 Å². The molecule has 3 nitrogen and oxygen atoms in total. The Bertz CT molecular complexity index is 169. The Kier molecular flexibility index (Phi) is 8.38. The largest absolute Gasteiger partial charge is 0.353 e. The standard InChI is InChI=1S/C12H26N2O/c1-5-7-8-11(6-2)13-9-12(15)14-10(3)4/h10-11,13H,5-9H2,1-4H3,(H,14,15). The third kappa shape index (κ3) is 8.43. The van der Waals surface area contributed by atoms with Gasteiger partial charge >= 0.3 is 0 Å². The van der Waals surface area contributed by atoms with Gasteiger partial charge < -0.3 is 10.6 Å². The Morgan fingerprint density at radius 2 is 1.93 bits per heavy atom. The summed E-state index contributed by atoms with van der Waals surface area (Å²) < 4.78 is 0. The molecule has 0 aromatic carbocycles. The van der Waals surface area contributed by atoms with E-state index in [1.165, 1.54) is 19.3 Å². The molecule has 0 aromatic rings. The minimum atomic E-state index is 0.0972. The van der Waals surface area contributed by atoms with Crippen molar-refractivity contribution >= 4 is 5.91 Å². The van der Waals surface area contributed by atoms with E-state index in [-0.39, 0.29) is 11.9 Å². The fourth-order valence-electron chi connectivity index (χ4n) is 1.51. The molecule has 0 aromatic heterocycles. The van der Waals surface area contributed by atoms with Crippen molar-refractivity contribution in [2.45, 2.75) is 65.5 Å². The van der Waals surface area contributed by atoms with Crippen LogP contribution in [-0.2, 0) is 4.79 Å². The van der Waals surface area contributed by atoms with Crippen LogP contribution in [0.3, 0.4) is 0 Å². The summed E-state index contributed by atoms with van der Waals surface area (Å²) in [6, 6.07) is 0.720. The average Bonchev–Trinajstić information content (AvgIpc) is 2.17. The van der Waals surface area contributed by atoms with E-state index in [1.54, 1.807) is 0 Å². The molecule has 90 valence electrons. The molecule has 1 atom stereocenters. The van der Waals surface area contributed by atoms with Crippen molar-refractivity contribution in [3.63, 3.8) is 0 Å². The highest BCUT2D eigenvalue weighted by atomic mass is 16.1. The SMILES string of the molecule is CCCCC(CC)NCC(=O)NC(C)C. The van der Waals surface area contributed by atoms with Gasteiger partial charge in [-0.25, -0.2) is 0 Å². The quantitative estimate of drug-likeness (QED) is 0.649. The zero-order chi connectivity index (χ0) is 11.7. The van der Waals surface area contributed by atoms with Crippen molar-refractivity contribution in [1.29, 1.82) is 0 Å². The molecule has 0 saturated carbocycles. The van der Waals surface area contributed by atoms with Gasteiger partial charge in [0.05, 0.1) is 6.54 Å². The van der Waals surface area contributed by atoms with Crippen LogP contribution >= 0.6 is 0 Å². The normalized spacial score (nSPS) is 12.9. The van der Waals surface area contributed by atoms with Crippen molar-refractivity contribution in [1.82, 2.24) is 10.6 Å². The van der Waals surface area contributed by atoms with Gasteiger partial charge in [0.2, 0.25) is 5.91 Å². The summed E-state index contributed by atoms with van der Waals surface area (Å²) in [5, 5.41) is 6.17. The molecule has 3 heteroatoms. The minimum absolute atomic E-state index is 0.0972. The second kappa shape index (κ2) is 8.72. The molecule has 0 spiro atoms. The molecule has 0 bridgehead atoms. The van der Waals surface area contributed by atoms with Crippen molar-refractivity contribution in [3.8, 4) is 0 Å². The molecule has 0 heterocycles. The molecular formula is C12H26N2O. The van der Waals surface area contributed by atoms with E-state index in [0.29, 0.717) is 12.6 Å². The van der Waals surface area contributed by atoms with Crippen molar-refractivity contribution in [2.24, 2.45) is 0 Å². The van der Waals surface area contributed by atoms with E-state index in [0.717, 1.165) is 6.42 Å². The maximum Gasteiger partial charge on any atom is 0.234 e. The topological polar surface area (TPSA) is 41.1 Å². The van der Waals surface area contributed by atoms with Gasteiger partial charge in [0.25, 0.3) is 0 Å². The number of carbonyl (C=O) groups excluding carboxylic acids is 1. The minimum Gasteiger partial charge on any atom is -0.353 e. The summed E-state index contributed by atoms with van der Waals surface area (Å²) in [4.78, 5) is 11.4. The number of hydrogen-bond acceptors (Lipinski definition) is 2. The first-order valence-electron chi connectivity index (χ1n) is 6.12. The summed E-state index contributed by atoms with van der Waals surface area (Å²) in [5.41, 5.74) is 0. The van der Waals surface area contributed by atoms with Gasteiger partial charge in [-0.05, 0) is 26.7 Å². The van der Waals surface area contributed by atoms with Crippen LogP contribution in [0.5, 0.6) is 0 Å². The molecule has 15 heavy (non-hydrogen) atoms. The average molecular weight is 214 g/mol. The highest BCUT2D eigenvalue weighted by Gasteiger charge is 2.08. The Labute approximate surface area is 94.0 Å². The predicted molar refractivity (Wildman–Crippen MR) is 64.9 cm³/mol. The van der Waals surface area contributed by atoms with E-state index in [9.17, 15) is 4.79 Å². The number of amides is 1. The highest BCUT2D eigenvalue weighted by Crippen LogP contribution is 2.03. The van der Waals surface area contributed by atoms with Crippen LogP contribution in [0.2, 0.25) is 0 Å². The molecule has 0 aliphatic heterocycles. The van der Waals surface area contributed by atoms with Crippen LogP contribution in [0.4, 0.5) is 0 Å². The zero-order valence-corrected chi connectivity index (χ0v) is 10.6. The molecular weight excluding hydrogens is 188 g/mol. The van der Waals surface area contributed by atoms with Gasteiger partial charge in [-0.15, -0.1) is 0 Å². The third-order valence-corrected chi connectivity index (χ3v) is 2.40. The molecule has 0 aliphatic rings. The third-order valence-electron chi connectivity index (χ3n) is 2.40. The van der Waals surface area contributed by atoms with Crippen molar-refractivity contribution in [3.05, 3.63) is 0 Å². The summed E-state index contributed by atoms with van der Waals surface area (Å²) >= 11 is 0. The molecule has 2 N–H and O–H groups in total. The number of nitrogens with one attached hydrogen (secondary N) is 2. The van der Waals surface area contributed by atoms with Gasteiger partial charge in [0.1, 0.15) is 0 Å². The van der Waals surface area contributed by atoms with Crippen LogP contribution in [-0.4, -0.2) is 24.5 Å². The zero-order valence-electron chi connectivity index (χ0n) is 10.6. The summed E-state index contributed by atoms with van der Waals surface area (Å²) in [6.45, 7) is 8.75. The van der Waals surface area contributed by atoms with Gasteiger partial charge in [0.15, 0.2) is 0 Å². The van der Waals surface area contributed by atoms with Crippen LogP contribution in [0.25, 0.3) is 0 Å². The predicted octanol–water partition coefficient (Wildman–Crippen LogP) is 2.07. The second-order valence-electron chi connectivity index (χ2n) is 4.35. The van der Waals surface area contributed by atoms with Crippen LogP contribution < -0.4 is 10.6 Å². The molecule has 1 amide bonds. The van der Waals surface area contributed by atoms with Crippen molar-refractivity contribution < 1.29 is 4.79 Å². The van der Waals surface area contributed by atoms with Crippen molar-refractivity contribution in [2.75, 3.05) is 6.54 Å². The maximum atomic E-state index is 11.4. The van der Waals surface area contributed by atoms with Crippen LogP contribution in [0.15, 0.2) is 0 Å². The van der Waals surface area contributed by atoms with E-state index >= 15 is 0 Å². The summed E-state index contributed by atoms with van der Waals surface area (Å²) in [7, 11) is 0. The van der Waals surface area contributed by atoms with E-state index in [2.05, 4.69) is 24.5 Å². The lowest BCUT2D eigenvalue weighted by atomic mass is 10.1. The monoisotopic (exact) mass is 214 g/mol.